The minimum absolute atomic E-state index is 0.0169. The Labute approximate surface area is 191 Å². The minimum Gasteiger partial charge on any atom is -0.447 e. The van der Waals surface area contributed by atoms with Gasteiger partial charge in [0.25, 0.3) is 5.91 Å². The molecule has 0 spiro atoms. The normalized spacial score (nSPS) is 15.2. The molecule has 1 amide bonds. The van der Waals surface area contributed by atoms with Crippen LogP contribution in [-0.4, -0.2) is 33.8 Å². The molecule has 1 aliphatic rings. The zero-order valence-electron chi connectivity index (χ0n) is 19.4. The fourth-order valence-electron chi connectivity index (χ4n) is 4.43. The lowest BCUT2D eigenvalue weighted by molar-refractivity contribution is 0.0718. The Hall–Kier alpha value is -2.92. The van der Waals surface area contributed by atoms with E-state index in [1.165, 1.54) is 34.9 Å². The van der Waals surface area contributed by atoms with Crippen molar-refractivity contribution in [2.24, 2.45) is 0 Å². The molecule has 0 aliphatic carbocycles. The average Bonchev–Trinajstić information content (AvgIpc) is 3.29. The number of benzene rings is 2. The Balaban J connectivity index is 1.55. The number of aromatic nitrogens is 1. The highest BCUT2D eigenvalue weighted by Crippen LogP contribution is 2.26. The number of aryl methyl sites for hydroxylation is 2. The Morgan fingerprint density at radius 2 is 1.81 bits per heavy atom. The van der Waals surface area contributed by atoms with Gasteiger partial charge in [-0.3, -0.25) is 9.69 Å². The standard InChI is InChI=1S/C27H33N3O2/c1-20-12-13-24(21(2)16-20)17-30(22(3)23-10-6-4-7-11-23)18-26-28-25(19-32-26)27(31)29-14-8-5-9-15-29/h4,6-7,10-13,16,19,22H,5,8-9,14-15,17-18H2,1-3H3/t22-/m0/s1. The Kier molecular flexibility index (Phi) is 7.05. The molecule has 3 aromatic rings. The van der Waals surface area contributed by atoms with Crippen molar-refractivity contribution in [3.05, 3.63) is 88.6 Å². The van der Waals surface area contributed by atoms with Gasteiger partial charge in [-0.1, -0.05) is 54.1 Å². The van der Waals surface area contributed by atoms with Crippen LogP contribution in [0.25, 0.3) is 0 Å². The topological polar surface area (TPSA) is 49.6 Å². The van der Waals surface area contributed by atoms with Crippen molar-refractivity contribution in [3.63, 3.8) is 0 Å². The maximum Gasteiger partial charge on any atom is 0.275 e. The van der Waals surface area contributed by atoms with Gasteiger partial charge in [-0.05, 0) is 56.7 Å². The number of hydrogen-bond acceptors (Lipinski definition) is 4. The van der Waals surface area contributed by atoms with Crippen molar-refractivity contribution in [3.8, 4) is 0 Å². The third-order valence-corrected chi connectivity index (χ3v) is 6.45. The summed E-state index contributed by atoms with van der Waals surface area (Å²) >= 11 is 0. The number of rotatable bonds is 7. The molecule has 2 heterocycles. The van der Waals surface area contributed by atoms with Crippen LogP contribution >= 0.6 is 0 Å². The molecule has 4 rings (SSSR count). The Bertz CT molecular complexity index is 1040. The second-order valence-corrected chi connectivity index (χ2v) is 8.90. The number of amides is 1. The highest BCUT2D eigenvalue weighted by Gasteiger charge is 2.24. The van der Waals surface area contributed by atoms with Crippen molar-refractivity contribution >= 4 is 5.91 Å². The summed E-state index contributed by atoms with van der Waals surface area (Å²) in [6.45, 7) is 9.43. The highest BCUT2D eigenvalue weighted by atomic mass is 16.3. The van der Waals surface area contributed by atoms with Gasteiger partial charge in [0.2, 0.25) is 5.89 Å². The van der Waals surface area contributed by atoms with E-state index < -0.39 is 0 Å². The molecule has 5 heteroatoms. The molecule has 0 saturated carbocycles. The summed E-state index contributed by atoms with van der Waals surface area (Å²) in [6, 6.07) is 17.2. The van der Waals surface area contributed by atoms with Gasteiger partial charge in [-0.2, -0.15) is 0 Å². The summed E-state index contributed by atoms with van der Waals surface area (Å²) in [5.41, 5.74) is 5.50. The lowest BCUT2D eigenvalue weighted by atomic mass is 10.0. The fraction of sp³-hybridized carbons (Fsp3) is 0.407. The lowest BCUT2D eigenvalue weighted by Crippen LogP contribution is -2.35. The number of nitrogens with zero attached hydrogens (tertiary/aromatic N) is 3. The number of carbonyl (C=O) groups is 1. The van der Waals surface area contributed by atoms with Gasteiger partial charge in [-0.25, -0.2) is 4.98 Å². The fourth-order valence-corrected chi connectivity index (χ4v) is 4.43. The van der Waals surface area contributed by atoms with Crippen molar-refractivity contribution in [1.29, 1.82) is 0 Å². The molecule has 1 atom stereocenters. The summed E-state index contributed by atoms with van der Waals surface area (Å²) in [5, 5.41) is 0. The van der Waals surface area contributed by atoms with Crippen molar-refractivity contribution < 1.29 is 9.21 Å². The van der Waals surface area contributed by atoms with Crippen LogP contribution in [0, 0.1) is 13.8 Å². The van der Waals surface area contributed by atoms with Gasteiger partial charge in [0, 0.05) is 25.7 Å². The van der Waals surface area contributed by atoms with Crippen LogP contribution in [0.4, 0.5) is 0 Å². The number of carbonyl (C=O) groups excluding carboxylic acids is 1. The van der Waals surface area contributed by atoms with Crippen LogP contribution in [-0.2, 0) is 13.1 Å². The lowest BCUT2D eigenvalue weighted by Gasteiger charge is -2.29. The van der Waals surface area contributed by atoms with E-state index in [9.17, 15) is 4.79 Å². The van der Waals surface area contributed by atoms with E-state index in [0.717, 1.165) is 32.5 Å². The van der Waals surface area contributed by atoms with Gasteiger partial charge in [-0.15, -0.1) is 0 Å². The quantitative estimate of drug-likeness (QED) is 0.483. The second kappa shape index (κ2) is 10.1. The molecule has 1 aliphatic heterocycles. The van der Waals surface area contributed by atoms with E-state index in [1.807, 2.05) is 11.0 Å². The summed E-state index contributed by atoms with van der Waals surface area (Å²) in [4.78, 5) is 21.6. The Morgan fingerprint density at radius 3 is 2.53 bits per heavy atom. The van der Waals surface area contributed by atoms with E-state index >= 15 is 0 Å². The molecule has 0 unspecified atom stereocenters. The molecule has 0 bridgehead atoms. The summed E-state index contributed by atoms with van der Waals surface area (Å²) < 4.78 is 5.78. The first kappa shape index (κ1) is 22.3. The molecule has 1 aromatic heterocycles. The first-order valence-corrected chi connectivity index (χ1v) is 11.6. The molecular weight excluding hydrogens is 398 g/mol. The number of likely N-dealkylation sites (tertiary alicyclic amines) is 1. The van der Waals surface area contributed by atoms with Crippen LogP contribution in [0.3, 0.4) is 0 Å². The van der Waals surface area contributed by atoms with Gasteiger partial charge in [0.15, 0.2) is 5.69 Å². The van der Waals surface area contributed by atoms with Gasteiger partial charge < -0.3 is 9.32 Å². The Morgan fingerprint density at radius 1 is 1.06 bits per heavy atom. The van der Waals surface area contributed by atoms with E-state index in [0.29, 0.717) is 18.1 Å². The van der Waals surface area contributed by atoms with E-state index in [1.54, 1.807) is 0 Å². The monoisotopic (exact) mass is 431 g/mol. The molecule has 32 heavy (non-hydrogen) atoms. The van der Waals surface area contributed by atoms with Crippen molar-refractivity contribution in [1.82, 2.24) is 14.8 Å². The van der Waals surface area contributed by atoms with Gasteiger partial charge >= 0.3 is 0 Å². The highest BCUT2D eigenvalue weighted by molar-refractivity contribution is 5.92. The maximum atomic E-state index is 12.8. The first-order chi connectivity index (χ1) is 15.5. The largest absolute Gasteiger partial charge is 0.447 e. The second-order valence-electron chi connectivity index (χ2n) is 8.90. The maximum absolute atomic E-state index is 12.8. The van der Waals surface area contributed by atoms with Crippen LogP contribution in [0.2, 0.25) is 0 Å². The molecule has 5 nitrogen and oxygen atoms in total. The minimum atomic E-state index is -0.0169. The van der Waals surface area contributed by atoms with Crippen LogP contribution in [0.15, 0.2) is 59.2 Å². The third-order valence-electron chi connectivity index (χ3n) is 6.45. The van der Waals surface area contributed by atoms with Crippen molar-refractivity contribution in [2.75, 3.05) is 13.1 Å². The van der Waals surface area contributed by atoms with Gasteiger partial charge in [0.05, 0.1) is 6.54 Å². The molecule has 0 radical (unpaired) electrons. The zero-order valence-corrected chi connectivity index (χ0v) is 19.4. The van der Waals surface area contributed by atoms with Crippen LogP contribution < -0.4 is 0 Å². The first-order valence-electron chi connectivity index (χ1n) is 11.6. The number of piperidine rings is 1. The SMILES string of the molecule is Cc1ccc(CN(Cc2nc(C(=O)N3CCCCC3)co2)[C@@H](C)c2ccccc2)c(C)c1. The van der Waals surface area contributed by atoms with Crippen LogP contribution in [0.5, 0.6) is 0 Å². The predicted octanol–water partition coefficient (Wildman–Crippen LogP) is 5.68. The number of hydrogen-bond donors (Lipinski definition) is 0. The van der Waals surface area contributed by atoms with E-state index in [4.69, 9.17) is 4.42 Å². The third kappa shape index (κ3) is 5.28. The average molecular weight is 432 g/mol. The summed E-state index contributed by atoms with van der Waals surface area (Å²) in [5.74, 6) is 0.564. The van der Waals surface area contributed by atoms with Gasteiger partial charge in [0.1, 0.15) is 6.26 Å². The summed E-state index contributed by atoms with van der Waals surface area (Å²) in [7, 11) is 0. The van der Waals surface area contributed by atoms with Crippen molar-refractivity contribution in [2.45, 2.75) is 59.2 Å². The predicted molar refractivity (Wildman–Crippen MR) is 126 cm³/mol. The molecular formula is C27H33N3O2. The molecule has 1 fully saturated rings. The van der Waals surface area contributed by atoms with E-state index in [2.05, 4.69) is 73.1 Å². The van der Waals surface area contributed by atoms with E-state index in [-0.39, 0.29) is 11.9 Å². The molecule has 0 N–H and O–H groups in total. The molecule has 2 aromatic carbocycles. The number of oxazole rings is 1. The zero-order chi connectivity index (χ0) is 22.5. The smallest absolute Gasteiger partial charge is 0.275 e. The van der Waals surface area contributed by atoms with Crippen LogP contribution in [0.1, 0.15) is 70.9 Å². The molecule has 168 valence electrons. The molecule has 1 saturated heterocycles. The summed E-state index contributed by atoms with van der Waals surface area (Å²) in [6.07, 6.45) is 4.84.